The number of alkyl halides is 3. The van der Waals surface area contributed by atoms with Gasteiger partial charge in [0.05, 0.1) is 5.69 Å². The summed E-state index contributed by atoms with van der Waals surface area (Å²) in [6.07, 6.45) is 2.74. The average molecular weight is 444 g/mol. The number of halogens is 3. The molecule has 174 valence electrons. The molecule has 1 aromatic rings. The monoisotopic (exact) mass is 444 g/mol. The molecule has 3 fully saturated rings. The number of ether oxygens (including phenoxy) is 1. The van der Waals surface area contributed by atoms with Crippen LogP contribution in [-0.2, 0) is 9.53 Å². The van der Waals surface area contributed by atoms with Crippen molar-refractivity contribution >= 4 is 11.8 Å². The Morgan fingerprint density at radius 1 is 1.06 bits per heavy atom. The van der Waals surface area contributed by atoms with E-state index in [4.69, 9.17) is 14.6 Å². The number of carboxylic acids is 1. The number of hydrogen-bond acceptors (Lipinski definition) is 6. The first-order valence-electron chi connectivity index (χ1n) is 10.9. The number of aryl methyl sites for hydroxylation is 1. The van der Waals surface area contributed by atoms with Crippen LogP contribution in [0.5, 0.6) is 0 Å². The minimum atomic E-state index is -5.08. The van der Waals surface area contributed by atoms with Gasteiger partial charge in [-0.2, -0.15) is 18.3 Å². The molecule has 10 heteroatoms. The van der Waals surface area contributed by atoms with Crippen molar-refractivity contribution in [1.29, 1.82) is 0 Å². The summed E-state index contributed by atoms with van der Waals surface area (Å²) in [7, 11) is 0. The largest absolute Gasteiger partial charge is 0.490 e. The standard InChI is InChI=1S/C19H30N4O.C2HF3O2/c1-16-2-3-18(21-20-16)23-12-8-19(9-13-23)6-10-22(11-7-19)17-4-14-24-15-5-17;3-2(4,5)1(6)7/h2-3,17H,4-15H2,1H3;(H,6,7). The molecule has 4 heterocycles. The predicted molar refractivity (Wildman–Crippen MR) is 109 cm³/mol. The van der Waals surface area contributed by atoms with Gasteiger partial charge in [0.15, 0.2) is 5.82 Å². The van der Waals surface area contributed by atoms with Crippen molar-refractivity contribution in [1.82, 2.24) is 15.1 Å². The van der Waals surface area contributed by atoms with E-state index < -0.39 is 12.1 Å². The van der Waals surface area contributed by atoms with E-state index in [0.29, 0.717) is 5.41 Å². The summed E-state index contributed by atoms with van der Waals surface area (Å²) in [5, 5.41) is 15.7. The smallest absolute Gasteiger partial charge is 0.475 e. The second-order valence-electron chi connectivity index (χ2n) is 8.70. The fourth-order valence-electron chi connectivity index (χ4n) is 4.68. The van der Waals surface area contributed by atoms with Gasteiger partial charge in [0.25, 0.3) is 0 Å². The number of aromatic nitrogens is 2. The Balaban J connectivity index is 0.000000339. The first kappa shape index (κ1) is 23.7. The van der Waals surface area contributed by atoms with Gasteiger partial charge in [0.1, 0.15) is 0 Å². The first-order valence-corrected chi connectivity index (χ1v) is 10.9. The molecule has 3 saturated heterocycles. The lowest BCUT2D eigenvalue weighted by atomic mass is 9.71. The summed E-state index contributed by atoms with van der Waals surface area (Å²) < 4.78 is 37.3. The minimum Gasteiger partial charge on any atom is -0.475 e. The van der Waals surface area contributed by atoms with Gasteiger partial charge >= 0.3 is 12.1 Å². The number of likely N-dealkylation sites (tertiary alicyclic amines) is 1. The zero-order chi connectivity index (χ0) is 22.5. The second-order valence-corrected chi connectivity index (χ2v) is 8.70. The highest BCUT2D eigenvalue weighted by Crippen LogP contribution is 2.42. The van der Waals surface area contributed by atoms with Crippen LogP contribution in [0.15, 0.2) is 12.1 Å². The van der Waals surface area contributed by atoms with Gasteiger partial charge in [-0.15, -0.1) is 5.10 Å². The van der Waals surface area contributed by atoms with E-state index in [9.17, 15) is 13.2 Å². The van der Waals surface area contributed by atoms with Crippen LogP contribution in [0, 0.1) is 12.3 Å². The molecular weight excluding hydrogens is 413 g/mol. The number of aliphatic carboxylic acids is 1. The summed E-state index contributed by atoms with van der Waals surface area (Å²) in [4.78, 5) is 14.1. The lowest BCUT2D eigenvalue weighted by Crippen LogP contribution is -2.50. The Kier molecular flexibility index (Phi) is 7.74. The maximum Gasteiger partial charge on any atom is 0.490 e. The highest BCUT2D eigenvalue weighted by Gasteiger charge is 2.39. The summed E-state index contributed by atoms with van der Waals surface area (Å²) in [6.45, 7) is 8.75. The van der Waals surface area contributed by atoms with Gasteiger partial charge < -0.3 is 19.6 Å². The van der Waals surface area contributed by atoms with Gasteiger partial charge in [-0.25, -0.2) is 4.79 Å². The van der Waals surface area contributed by atoms with Gasteiger partial charge in [-0.05, 0) is 76.1 Å². The molecule has 1 aromatic heterocycles. The van der Waals surface area contributed by atoms with E-state index in [-0.39, 0.29) is 0 Å². The number of nitrogens with zero attached hydrogens (tertiary/aromatic N) is 4. The van der Waals surface area contributed by atoms with E-state index in [1.165, 1.54) is 51.6 Å². The maximum absolute atomic E-state index is 10.6. The molecule has 7 nitrogen and oxygen atoms in total. The quantitative estimate of drug-likeness (QED) is 0.750. The third kappa shape index (κ3) is 6.52. The molecule has 1 N–H and O–H groups in total. The van der Waals surface area contributed by atoms with Crippen LogP contribution in [0.3, 0.4) is 0 Å². The molecule has 31 heavy (non-hydrogen) atoms. The van der Waals surface area contributed by atoms with E-state index in [1.54, 1.807) is 0 Å². The molecule has 4 rings (SSSR count). The molecule has 3 aliphatic rings. The number of hydrogen-bond donors (Lipinski definition) is 1. The Hall–Kier alpha value is -1.94. The molecular formula is C21H31F3N4O3. The molecule has 0 aromatic carbocycles. The minimum absolute atomic E-state index is 0.580. The van der Waals surface area contributed by atoms with Crippen molar-refractivity contribution in [2.24, 2.45) is 5.41 Å². The van der Waals surface area contributed by atoms with Gasteiger partial charge in [-0.3, -0.25) is 0 Å². The second kappa shape index (κ2) is 10.1. The number of anilines is 1. The molecule has 0 saturated carbocycles. The van der Waals surface area contributed by atoms with E-state index >= 15 is 0 Å². The summed E-state index contributed by atoms with van der Waals surface area (Å²) in [5.41, 5.74) is 1.57. The van der Waals surface area contributed by atoms with Crippen molar-refractivity contribution in [2.45, 2.75) is 57.7 Å². The Labute approximate surface area is 180 Å². The van der Waals surface area contributed by atoms with Crippen LogP contribution in [0.2, 0.25) is 0 Å². The Morgan fingerprint density at radius 3 is 2.10 bits per heavy atom. The molecule has 0 radical (unpaired) electrons. The lowest BCUT2D eigenvalue weighted by Gasteiger charge is -2.49. The van der Waals surface area contributed by atoms with Crippen molar-refractivity contribution in [3.63, 3.8) is 0 Å². The highest BCUT2D eigenvalue weighted by molar-refractivity contribution is 5.73. The molecule has 3 aliphatic heterocycles. The summed E-state index contributed by atoms with van der Waals surface area (Å²) in [5.74, 6) is -1.71. The third-order valence-corrected chi connectivity index (χ3v) is 6.74. The molecule has 0 unspecified atom stereocenters. The van der Waals surface area contributed by atoms with Crippen molar-refractivity contribution in [2.75, 3.05) is 44.3 Å². The molecule has 1 spiro atoms. The predicted octanol–water partition coefficient (Wildman–Crippen LogP) is 3.28. The van der Waals surface area contributed by atoms with Crippen LogP contribution < -0.4 is 4.90 Å². The number of carbonyl (C=O) groups is 1. The van der Waals surface area contributed by atoms with E-state index in [2.05, 4.69) is 32.1 Å². The van der Waals surface area contributed by atoms with E-state index in [1.807, 2.05) is 6.92 Å². The van der Waals surface area contributed by atoms with Crippen LogP contribution >= 0.6 is 0 Å². The van der Waals surface area contributed by atoms with Crippen LogP contribution in [0.1, 0.15) is 44.2 Å². The Bertz CT molecular complexity index is 706. The van der Waals surface area contributed by atoms with Gasteiger partial charge in [0, 0.05) is 32.3 Å². The number of piperidine rings is 2. The number of carboxylic acid groups (broad SMARTS) is 1. The van der Waals surface area contributed by atoms with Crippen molar-refractivity contribution < 1.29 is 27.8 Å². The van der Waals surface area contributed by atoms with Crippen molar-refractivity contribution in [3.8, 4) is 0 Å². The molecule has 0 bridgehead atoms. The fraction of sp³-hybridized carbons (Fsp3) is 0.762. The van der Waals surface area contributed by atoms with Crippen molar-refractivity contribution in [3.05, 3.63) is 17.8 Å². The maximum atomic E-state index is 10.6. The van der Waals surface area contributed by atoms with Crippen LogP contribution in [0.4, 0.5) is 19.0 Å². The van der Waals surface area contributed by atoms with E-state index in [0.717, 1.165) is 43.9 Å². The molecule has 0 aliphatic carbocycles. The Morgan fingerprint density at radius 2 is 1.61 bits per heavy atom. The van der Waals surface area contributed by atoms with Gasteiger partial charge in [0.2, 0.25) is 0 Å². The molecule has 0 amide bonds. The highest BCUT2D eigenvalue weighted by atomic mass is 19.4. The molecule has 0 atom stereocenters. The fourth-order valence-corrected chi connectivity index (χ4v) is 4.68. The summed E-state index contributed by atoms with van der Waals surface area (Å²) >= 11 is 0. The SMILES string of the molecule is Cc1ccc(N2CCC3(CC2)CCN(C2CCOCC2)CC3)nn1.O=C(O)C(F)(F)F. The summed E-state index contributed by atoms with van der Waals surface area (Å²) in [6, 6.07) is 4.96. The van der Waals surface area contributed by atoms with Crippen LogP contribution in [-0.4, -0.2) is 77.8 Å². The topological polar surface area (TPSA) is 78.8 Å². The average Bonchev–Trinajstić information content (AvgIpc) is 2.76. The third-order valence-electron chi connectivity index (χ3n) is 6.74. The normalized spacial score (nSPS) is 22.6. The number of rotatable bonds is 2. The zero-order valence-corrected chi connectivity index (χ0v) is 17.9. The zero-order valence-electron chi connectivity index (χ0n) is 17.9. The first-order chi connectivity index (χ1) is 14.7. The van der Waals surface area contributed by atoms with Crippen LogP contribution in [0.25, 0.3) is 0 Å². The van der Waals surface area contributed by atoms with Gasteiger partial charge in [-0.1, -0.05) is 0 Å². The lowest BCUT2D eigenvalue weighted by molar-refractivity contribution is -0.192.